The summed E-state index contributed by atoms with van der Waals surface area (Å²) in [5.41, 5.74) is 0.932. The molecule has 1 aromatic carbocycles. The molecule has 0 aliphatic carbocycles. The van der Waals surface area contributed by atoms with E-state index in [2.05, 4.69) is 25.8 Å². The Morgan fingerprint density at radius 1 is 1.27 bits per heavy atom. The van der Waals surface area contributed by atoms with Crippen molar-refractivity contribution < 1.29 is 9.63 Å². The van der Waals surface area contributed by atoms with Gasteiger partial charge < -0.3 is 20.3 Å². The largest absolute Gasteiger partial charge is 0.388 e. The van der Waals surface area contributed by atoms with Gasteiger partial charge in [-0.15, -0.1) is 24.0 Å². The maximum absolute atomic E-state index is 10.2. The maximum atomic E-state index is 10.2. The van der Waals surface area contributed by atoms with Gasteiger partial charge in [-0.25, -0.2) is 0 Å². The number of guanidine groups is 1. The second-order valence-electron chi connectivity index (χ2n) is 5.74. The summed E-state index contributed by atoms with van der Waals surface area (Å²) < 4.78 is 5.08. The SMILES string of the molecule is CCNC(=NCCCc1nc(C)no1)NCCC(O)c1ccccc1.I. The number of rotatable bonds is 9. The van der Waals surface area contributed by atoms with Crippen LogP contribution in [0.5, 0.6) is 0 Å². The summed E-state index contributed by atoms with van der Waals surface area (Å²) in [6, 6.07) is 9.68. The number of nitrogens with one attached hydrogen (secondary N) is 2. The fourth-order valence-electron chi connectivity index (χ4n) is 2.37. The highest BCUT2D eigenvalue weighted by atomic mass is 127. The van der Waals surface area contributed by atoms with E-state index in [9.17, 15) is 5.11 Å². The van der Waals surface area contributed by atoms with Crippen molar-refractivity contribution >= 4 is 29.9 Å². The molecule has 7 nitrogen and oxygen atoms in total. The van der Waals surface area contributed by atoms with Crippen LogP contribution in [0.2, 0.25) is 0 Å². The molecule has 0 bridgehead atoms. The van der Waals surface area contributed by atoms with Crippen LogP contribution in [0.15, 0.2) is 39.8 Å². The van der Waals surface area contributed by atoms with Crippen LogP contribution < -0.4 is 10.6 Å². The molecule has 0 spiro atoms. The fourth-order valence-corrected chi connectivity index (χ4v) is 2.37. The highest BCUT2D eigenvalue weighted by molar-refractivity contribution is 14.0. The number of halogens is 1. The third-order valence-electron chi connectivity index (χ3n) is 3.63. The van der Waals surface area contributed by atoms with Crippen LogP contribution in [-0.4, -0.2) is 40.8 Å². The standard InChI is InChI=1S/C18H27N5O2.HI/c1-3-19-18(20-12-7-10-17-22-14(2)23-25-17)21-13-11-16(24)15-8-5-4-6-9-15;/h4-6,8-9,16,24H,3,7,10-13H2,1-2H3,(H2,19,20,21);1H. The van der Waals surface area contributed by atoms with Crippen molar-refractivity contribution in [3.05, 3.63) is 47.6 Å². The maximum Gasteiger partial charge on any atom is 0.226 e. The van der Waals surface area contributed by atoms with Crippen LogP contribution in [0.25, 0.3) is 0 Å². The lowest BCUT2D eigenvalue weighted by molar-refractivity contribution is 0.168. The third-order valence-corrected chi connectivity index (χ3v) is 3.63. The summed E-state index contributed by atoms with van der Waals surface area (Å²) >= 11 is 0. The molecule has 1 heterocycles. The van der Waals surface area contributed by atoms with Crippen LogP contribution in [0.1, 0.15) is 43.1 Å². The van der Waals surface area contributed by atoms with Crippen LogP contribution in [-0.2, 0) is 6.42 Å². The van der Waals surface area contributed by atoms with Gasteiger partial charge in [0.05, 0.1) is 6.10 Å². The molecular formula is C18H28IN5O2. The molecule has 0 fully saturated rings. The molecule has 26 heavy (non-hydrogen) atoms. The molecule has 3 N–H and O–H groups in total. The highest BCUT2D eigenvalue weighted by Crippen LogP contribution is 2.14. The van der Waals surface area contributed by atoms with Crippen molar-refractivity contribution in [2.45, 2.75) is 39.2 Å². The number of hydrogen-bond acceptors (Lipinski definition) is 5. The van der Waals surface area contributed by atoms with E-state index in [0.29, 0.717) is 31.2 Å². The van der Waals surface area contributed by atoms with Crippen molar-refractivity contribution in [3.8, 4) is 0 Å². The van der Waals surface area contributed by atoms with Gasteiger partial charge in [-0.1, -0.05) is 35.5 Å². The summed E-state index contributed by atoms with van der Waals surface area (Å²) in [4.78, 5) is 8.70. The molecule has 1 atom stereocenters. The first-order valence-corrected chi connectivity index (χ1v) is 8.73. The van der Waals surface area contributed by atoms with E-state index in [1.165, 1.54) is 0 Å². The van der Waals surface area contributed by atoms with Crippen molar-refractivity contribution in [3.63, 3.8) is 0 Å². The summed E-state index contributed by atoms with van der Waals surface area (Å²) in [6.07, 6.45) is 1.70. The zero-order valence-electron chi connectivity index (χ0n) is 15.3. The number of aliphatic hydroxyl groups is 1. The molecular weight excluding hydrogens is 445 g/mol. The number of nitrogens with zero attached hydrogens (tertiary/aromatic N) is 3. The zero-order valence-corrected chi connectivity index (χ0v) is 17.6. The Labute approximate surface area is 171 Å². The van der Waals surface area contributed by atoms with Crippen LogP contribution >= 0.6 is 24.0 Å². The number of benzene rings is 1. The van der Waals surface area contributed by atoms with E-state index < -0.39 is 6.10 Å². The molecule has 0 saturated heterocycles. The van der Waals surface area contributed by atoms with E-state index >= 15 is 0 Å². The van der Waals surface area contributed by atoms with E-state index in [1.807, 2.05) is 44.2 Å². The molecule has 0 aliphatic heterocycles. The van der Waals surface area contributed by atoms with Gasteiger partial charge in [-0.2, -0.15) is 4.98 Å². The van der Waals surface area contributed by atoms with Gasteiger partial charge >= 0.3 is 0 Å². The molecule has 1 aromatic heterocycles. The van der Waals surface area contributed by atoms with Gasteiger partial charge in [-0.3, -0.25) is 4.99 Å². The van der Waals surface area contributed by atoms with Gasteiger partial charge in [0, 0.05) is 26.1 Å². The summed E-state index contributed by atoms with van der Waals surface area (Å²) in [6.45, 7) is 5.93. The van der Waals surface area contributed by atoms with E-state index in [1.54, 1.807) is 0 Å². The molecule has 0 amide bonds. The zero-order chi connectivity index (χ0) is 17.9. The second-order valence-corrected chi connectivity index (χ2v) is 5.74. The number of aliphatic hydroxyl groups excluding tert-OH is 1. The molecule has 1 unspecified atom stereocenters. The Balaban J connectivity index is 0.00000338. The minimum atomic E-state index is -0.475. The van der Waals surface area contributed by atoms with Crippen LogP contribution in [0.3, 0.4) is 0 Å². The lowest BCUT2D eigenvalue weighted by atomic mass is 10.1. The first-order chi connectivity index (χ1) is 12.2. The predicted octanol–water partition coefficient (Wildman–Crippen LogP) is 2.61. The van der Waals surface area contributed by atoms with Crippen molar-refractivity contribution in [1.29, 1.82) is 0 Å². The number of aromatic nitrogens is 2. The van der Waals surface area contributed by atoms with Gasteiger partial charge in [-0.05, 0) is 32.3 Å². The summed E-state index contributed by atoms with van der Waals surface area (Å²) in [7, 11) is 0. The van der Waals surface area contributed by atoms with Crippen LogP contribution in [0, 0.1) is 6.92 Å². The molecule has 0 aliphatic rings. The molecule has 2 aromatic rings. The highest BCUT2D eigenvalue weighted by Gasteiger charge is 2.07. The van der Waals surface area contributed by atoms with Gasteiger partial charge in [0.25, 0.3) is 0 Å². The fraction of sp³-hybridized carbons (Fsp3) is 0.500. The Hall–Kier alpha value is -1.68. The quantitative estimate of drug-likeness (QED) is 0.224. The average molecular weight is 473 g/mol. The van der Waals surface area contributed by atoms with Crippen LogP contribution in [0.4, 0.5) is 0 Å². The predicted molar refractivity (Wildman–Crippen MR) is 113 cm³/mol. The Morgan fingerprint density at radius 2 is 2.04 bits per heavy atom. The molecule has 8 heteroatoms. The average Bonchev–Trinajstić information content (AvgIpc) is 3.04. The number of aryl methyl sites for hydroxylation is 2. The monoisotopic (exact) mass is 473 g/mol. The normalized spacial score (nSPS) is 12.3. The first-order valence-electron chi connectivity index (χ1n) is 8.73. The Morgan fingerprint density at radius 3 is 2.69 bits per heavy atom. The van der Waals surface area contributed by atoms with Gasteiger partial charge in [0.15, 0.2) is 11.8 Å². The Bertz CT molecular complexity index is 648. The second kappa shape index (κ2) is 12.6. The van der Waals surface area contributed by atoms with Crippen molar-refractivity contribution in [2.24, 2.45) is 4.99 Å². The Kier molecular flexibility index (Phi) is 10.9. The van der Waals surface area contributed by atoms with Crippen molar-refractivity contribution in [2.75, 3.05) is 19.6 Å². The topological polar surface area (TPSA) is 95.6 Å². The molecule has 0 saturated carbocycles. The van der Waals surface area contributed by atoms with Crippen molar-refractivity contribution in [1.82, 2.24) is 20.8 Å². The third kappa shape index (κ3) is 8.13. The summed E-state index contributed by atoms with van der Waals surface area (Å²) in [5, 5.41) is 20.4. The van der Waals surface area contributed by atoms with E-state index in [-0.39, 0.29) is 24.0 Å². The van der Waals surface area contributed by atoms with E-state index in [0.717, 1.165) is 30.9 Å². The number of aliphatic imine (C=N–C) groups is 1. The minimum Gasteiger partial charge on any atom is -0.388 e. The lowest BCUT2D eigenvalue weighted by Gasteiger charge is -2.14. The van der Waals surface area contributed by atoms with Gasteiger partial charge in [0.2, 0.25) is 5.89 Å². The molecule has 0 radical (unpaired) electrons. The minimum absolute atomic E-state index is 0. The molecule has 2 rings (SSSR count). The first kappa shape index (κ1) is 22.4. The summed E-state index contributed by atoms with van der Waals surface area (Å²) in [5.74, 6) is 2.06. The smallest absolute Gasteiger partial charge is 0.226 e. The molecule has 144 valence electrons. The van der Waals surface area contributed by atoms with Gasteiger partial charge in [0.1, 0.15) is 0 Å². The van der Waals surface area contributed by atoms with E-state index in [4.69, 9.17) is 4.52 Å². The number of hydrogen-bond donors (Lipinski definition) is 3. The lowest BCUT2D eigenvalue weighted by Crippen LogP contribution is -2.38.